The lowest BCUT2D eigenvalue weighted by atomic mass is 10.0. The maximum atomic E-state index is 10.6. The maximum Gasteiger partial charge on any atom is 0.161 e. The highest BCUT2D eigenvalue weighted by Crippen LogP contribution is 2.36. The van der Waals surface area contributed by atoms with Crippen molar-refractivity contribution < 1.29 is 14.6 Å². The van der Waals surface area contributed by atoms with E-state index in [4.69, 9.17) is 9.47 Å². The molecule has 1 atom stereocenters. The molecule has 0 spiro atoms. The first kappa shape index (κ1) is 16.3. The first-order chi connectivity index (χ1) is 10.1. The monoisotopic (exact) mass is 370 g/mol. The van der Waals surface area contributed by atoms with Crippen LogP contribution in [0.5, 0.6) is 11.5 Å². The Morgan fingerprint density at radius 1 is 1.14 bits per heavy atom. The first-order valence-corrected chi connectivity index (χ1v) is 8.51. The fourth-order valence-electron chi connectivity index (χ4n) is 2.15. The number of rotatable bonds is 6. The van der Waals surface area contributed by atoms with Crippen LogP contribution >= 0.6 is 27.3 Å². The van der Waals surface area contributed by atoms with E-state index in [1.807, 2.05) is 45.0 Å². The molecule has 0 aliphatic carbocycles. The summed E-state index contributed by atoms with van der Waals surface area (Å²) in [6.45, 7) is 7.01. The molecule has 0 aliphatic heterocycles. The number of aliphatic hydroxyl groups excluding tert-OH is 1. The third-order valence-corrected chi connectivity index (χ3v) is 4.67. The first-order valence-electron chi connectivity index (χ1n) is 6.90. The van der Waals surface area contributed by atoms with Crippen LogP contribution in [0.15, 0.2) is 28.1 Å². The van der Waals surface area contributed by atoms with Crippen LogP contribution in [-0.2, 0) is 0 Å². The lowest BCUT2D eigenvalue weighted by Crippen LogP contribution is -2.03. The largest absolute Gasteiger partial charge is 0.490 e. The minimum atomic E-state index is -0.664. The van der Waals surface area contributed by atoms with Crippen molar-refractivity contribution in [2.75, 3.05) is 13.2 Å². The Bertz CT molecular complexity index is 610. The van der Waals surface area contributed by atoms with Gasteiger partial charge in [0.05, 0.1) is 17.0 Å². The zero-order valence-corrected chi connectivity index (χ0v) is 14.8. The van der Waals surface area contributed by atoms with Gasteiger partial charge in [-0.05, 0) is 66.0 Å². The summed E-state index contributed by atoms with van der Waals surface area (Å²) in [5.41, 5.74) is 1.72. The number of thiophene rings is 1. The van der Waals surface area contributed by atoms with E-state index in [9.17, 15) is 5.11 Å². The second-order valence-corrected chi connectivity index (χ2v) is 7.17. The Morgan fingerprint density at radius 2 is 1.81 bits per heavy atom. The van der Waals surface area contributed by atoms with Crippen LogP contribution in [0.25, 0.3) is 0 Å². The molecule has 5 heteroatoms. The zero-order valence-electron chi connectivity index (χ0n) is 12.4. The minimum absolute atomic E-state index is 0.558. The van der Waals surface area contributed by atoms with E-state index in [1.54, 1.807) is 11.3 Å². The molecule has 1 unspecified atom stereocenters. The molecule has 1 heterocycles. The molecule has 21 heavy (non-hydrogen) atoms. The fourth-order valence-corrected chi connectivity index (χ4v) is 3.89. The molecule has 0 bridgehead atoms. The van der Waals surface area contributed by atoms with E-state index < -0.39 is 6.10 Å². The maximum absolute atomic E-state index is 10.6. The Morgan fingerprint density at radius 3 is 2.38 bits per heavy atom. The number of hydrogen-bond donors (Lipinski definition) is 1. The molecule has 2 aromatic rings. The third kappa shape index (κ3) is 3.78. The van der Waals surface area contributed by atoms with Crippen molar-refractivity contribution in [1.82, 2.24) is 0 Å². The van der Waals surface area contributed by atoms with E-state index in [2.05, 4.69) is 15.9 Å². The average Bonchev–Trinajstić information content (AvgIpc) is 2.79. The topological polar surface area (TPSA) is 38.7 Å². The van der Waals surface area contributed by atoms with Gasteiger partial charge in [-0.1, -0.05) is 6.07 Å². The van der Waals surface area contributed by atoms with Crippen LogP contribution < -0.4 is 9.47 Å². The predicted molar refractivity (Wildman–Crippen MR) is 89.6 cm³/mol. The van der Waals surface area contributed by atoms with Gasteiger partial charge in [0.15, 0.2) is 11.5 Å². The summed E-state index contributed by atoms with van der Waals surface area (Å²) >= 11 is 5.08. The molecule has 1 aromatic carbocycles. The molecule has 0 amide bonds. The van der Waals surface area contributed by atoms with Crippen LogP contribution in [0.1, 0.15) is 36.0 Å². The number of hydrogen-bond acceptors (Lipinski definition) is 4. The molecular formula is C16H19BrO3S. The van der Waals surface area contributed by atoms with Crippen LogP contribution in [0.3, 0.4) is 0 Å². The van der Waals surface area contributed by atoms with Crippen molar-refractivity contribution in [1.29, 1.82) is 0 Å². The highest BCUT2D eigenvalue weighted by molar-refractivity contribution is 9.11. The van der Waals surface area contributed by atoms with Crippen molar-refractivity contribution in [3.05, 3.63) is 44.1 Å². The number of ether oxygens (including phenoxy) is 2. The number of aliphatic hydroxyl groups is 1. The van der Waals surface area contributed by atoms with Gasteiger partial charge in [0.1, 0.15) is 6.10 Å². The van der Waals surface area contributed by atoms with Gasteiger partial charge in [-0.3, -0.25) is 0 Å². The van der Waals surface area contributed by atoms with Gasteiger partial charge >= 0.3 is 0 Å². The third-order valence-electron chi connectivity index (χ3n) is 3.10. The Kier molecular flexibility index (Phi) is 5.67. The molecule has 0 radical (unpaired) electrons. The van der Waals surface area contributed by atoms with Gasteiger partial charge in [0.2, 0.25) is 0 Å². The summed E-state index contributed by atoms with van der Waals surface area (Å²) in [5.74, 6) is 1.38. The number of halogens is 1. The van der Waals surface area contributed by atoms with Crippen LogP contribution in [0.2, 0.25) is 0 Å². The molecule has 2 rings (SSSR count). The summed E-state index contributed by atoms with van der Waals surface area (Å²) in [6.07, 6.45) is -0.664. The Balaban J connectivity index is 2.35. The second kappa shape index (κ2) is 7.29. The summed E-state index contributed by atoms with van der Waals surface area (Å²) in [6, 6.07) is 7.54. The van der Waals surface area contributed by atoms with E-state index in [-0.39, 0.29) is 0 Å². The van der Waals surface area contributed by atoms with Gasteiger partial charge in [-0.25, -0.2) is 0 Å². The standard InChI is InChI=1S/C16H19BrO3S/c1-4-19-13-7-6-11(8-14(13)20-5-2)16(18)12-9-15(17)21-10(12)3/h6-9,16,18H,4-5H2,1-3H3. The van der Waals surface area contributed by atoms with Crippen molar-refractivity contribution in [3.8, 4) is 11.5 Å². The fraction of sp³-hybridized carbons (Fsp3) is 0.375. The van der Waals surface area contributed by atoms with Gasteiger partial charge in [-0.15, -0.1) is 11.3 Å². The molecule has 1 N–H and O–H groups in total. The molecule has 0 saturated heterocycles. The van der Waals surface area contributed by atoms with Crippen LogP contribution in [-0.4, -0.2) is 18.3 Å². The van der Waals surface area contributed by atoms with E-state index >= 15 is 0 Å². The lowest BCUT2D eigenvalue weighted by molar-refractivity contribution is 0.218. The molecular weight excluding hydrogens is 352 g/mol. The SMILES string of the molecule is CCOc1ccc(C(O)c2cc(Br)sc2C)cc1OCC. The van der Waals surface area contributed by atoms with Gasteiger partial charge in [0.25, 0.3) is 0 Å². The van der Waals surface area contributed by atoms with E-state index in [1.165, 1.54) is 0 Å². The Labute approximate surface area is 137 Å². The van der Waals surface area contributed by atoms with Crippen LogP contribution in [0.4, 0.5) is 0 Å². The average molecular weight is 371 g/mol. The van der Waals surface area contributed by atoms with Crippen LogP contribution in [0, 0.1) is 6.92 Å². The molecule has 1 aromatic heterocycles. The molecule has 0 aliphatic rings. The Hall–Kier alpha value is -1.04. The lowest BCUT2D eigenvalue weighted by Gasteiger charge is -2.15. The summed E-state index contributed by atoms with van der Waals surface area (Å²) in [4.78, 5) is 1.10. The van der Waals surface area contributed by atoms with Gasteiger partial charge < -0.3 is 14.6 Å². The number of benzene rings is 1. The van der Waals surface area contributed by atoms with Crippen molar-refractivity contribution >= 4 is 27.3 Å². The van der Waals surface area contributed by atoms with E-state index in [0.29, 0.717) is 24.7 Å². The second-order valence-electron chi connectivity index (χ2n) is 4.54. The summed E-state index contributed by atoms with van der Waals surface area (Å²) in [5, 5.41) is 10.6. The molecule has 0 fully saturated rings. The van der Waals surface area contributed by atoms with Gasteiger partial charge in [-0.2, -0.15) is 0 Å². The molecule has 3 nitrogen and oxygen atoms in total. The zero-order chi connectivity index (χ0) is 15.4. The normalized spacial score (nSPS) is 12.2. The highest BCUT2D eigenvalue weighted by Gasteiger charge is 2.17. The molecule has 114 valence electrons. The van der Waals surface area contributed by atoms with Crippen molar-refractivity contribution in [2.45, 2.75) is 26.9 Å². The van der Waals surface area contributed by atoms with Crippen molar-refractivity contribution in [3.63, 3.8) is 0 Å². The summed E-state index contributed by atoms with van der Waals surface area (Å²) in [7, 11) is 0. The highest BCUT2D eigenvalue weighted by atomic mass is 79.9. The predicted octanol–water partition coefficient (Wildman–Crippen LogP) is 4.70. The van der Waals surface area contributed by atoms with E-state index in [0.717, 1.165) is 19.8 Å². The quantitative estimate of drug-likeness (QED) is 0.800. The molecule has 0 saturated carbocycles. The van der Waals surface area contributed by atoms with Crippen molar-refractivity contribution in [2.24, 2.45) is 0 Å². The summed E-state index contributed by atoms with van der Waals surface area (Å²) < 4.78 is 12.2. The smallest absolute Gasteiger partial charge is 0.161 e. The number of aryl methyl sites for hydroxylation is 1. The minimum Gasteiger partial charge on any atom is -0.490 e. The van der Waals surface area contributed by atoms with Gasteiger partial charge in [0, 0.05) is 4.88 Å².